The zero-order valence-corrected chi connectivity index (χ0v) is 12.9. The van der Waals surface area contributed by atoms with E-state index in [0.29, 0.717) is 16.6 Å². The number of non-ortho nitro benzene ring substituents is 1. The molecule has 2 aromatic rings. The molecular weight excluding hydrogens is 359 g/mol. The molecule has 25 heavy (non-hydrogen) atoms. The van der Waals surface area contributed by atoms with Crippen LogP contribution in [0.25, 0.3) is 5.57 Å². The van der Waals surface area contributed by atoms with Crippen molar-refractivity contribution < 1.29 is 18.1 Å². The number of benzene rings is 1. The van der Waals surface area contributed by atoms with Gasteiger partial charge in [0, 0.05) is 23.2 Å². The number of halogens is 3. The third-order valence-corrected chi connectivity index (χ3v) is 4.21. The molecule has 3 rings (SSSR count). The van der Waals surface area contributed by atoms with Gasteiger partial charge in [-0.3, -0.25) is 10.1 Å². The van der Waals surface area contributed by atoms with Crippen LogP contribution in [-0.2, 0) is 6.18 Å². The molecule has 126 valence electrons. The van der Waals surface area contributed by atoms with E-state index in [-0.39, 0.29) is 22.1 Å². The van der Waals surface area contributed by atoms with Gasteiger partial charge in [0.1, 0.15) is 17.3 Å². The van der Waals surface area contributed by atoms with E-state index in [9.17, 15) is 28.5 Å². The zero-order chi connectivity index (χ0) is 18.2. The number of thioether (sulfide) groups is 1. The van der Waals surface area contributed by atoms with E-state index in [0.717, 1.165) is 18.0 Å². The highest BCUT2D eigenvalue weighted by atomic mass is 32.2. The first-order chi connectivity index (χ1) is 11.8. The summed E-state index contributed by atoms with van der Waals surface area (Å²) in [5.74, 6) is -0.380. The number of nitro benzene ring substituents is 1. The van der Waals surface area contributed by atoms with E-state index in [2.05, 4.69) is 15.3 Å². The van der Waals surface area contributed by atoms with Crippen molar-refractivity contribution in [2.45, 2.75) is 11.1 Å². The highest BCUT2D eigenvalue weighted by Gasteiger charge is 2.33. The Bertz CT molecular complexity index is 952. The first kappa shape index (κ1) is 16.7. The van der Waals surface area contributed by atoms with Gasteiger partial charge in [0.2, 0.25) is 0 Å². The lowest BCUT2D eigenvalue weighted by Gasteiger charge is -2.07. The maximum absolute atomic E-state index is 12.8. The quantitative estimate of drug-likeness (QED) is 0.490. The average Bonchev–Trinajstić information content (AvgIpc) is 2.97. The van der Waals surface area contributed by atoms with E-state index < -0.39 is 16.8 Å². The normalized spacial score (nSPS) is 15.1. The molecule has 0 unspecified atom stereocenters. The minimum atomic E-state index is -4.66. The van der Waals surface area contributed by atoms with Crippen LogP contribution in [0.4, 0.5) is 24.5 Å². The molecule has 0 saturated heterocycles. The van der Waals surface area contributed by atoms with Crippen molar-refractivity contribution in [1.29, 1.82) is 5.26 Å². The zero-order valence-electron chi connectivity index (χ0n) is 12.0. The molecule has 0 fully saturated rings. The van der Waals surface area contributed by atoms with Gasteiger partial charge in [-0.2, -0.15) is 18.4 Å². The molecule has 0 aliphatic carbocycles. The second-order valence-electron chi connectivity index (χ2n) is 4.74. The van der Waals surface area contributed by atoms with Gasteiger partial charge in [-0.25, -0.2) is 9.97 Å². The number of anilines is 1. The Morgan fingerprint density at radius 3 is 2.76 bits per heavy atom. The third-order valence-electron chi connectivity index (χ3n) is 3.14. The maximum atomic E-state index is 12.8. The Labute approximate surface area is 142 Å². The molecule has 0 bridgehead atoms. The Kier molecular flexibility index (Phi) is 4.05. The van der Waals surface area contributed by atoms with Crippen molar-refractivity contribution in [3.63, 3.8) is 0 Å². The summed E-state index contributed by atoms with van der Waals surface area (Å²) in [6, 6.07) is 6.53. The molecular formula is C14H6F3N5O2S. The number of alkyl halides is 3. The number of rotatable bonds is 2. The van der Waals surface area contributed by atoms with Crippen LogP contribution >= 0.6 is 11.8 Å². The summed E-state index contributed by atoms with van der Waals surface area (Å²) < 4.78 is 38.3. The maximum Gasteiger partial charge on any atom is 0.433 e. The summed E-state index contributed by atoms with van der Waals surface area (Å²) in [5.41, 5.74) is -0.981. The fourth-order valence-electron chi connectivity index (χ4n) is 2.02. The predicted molar refractivity (Wildman–Crippen MR) is 82.1 cm³/mol. The minimum Gasteiger partial charge on any atom is -0.348 e. The smallest absolute Gasteiger partial charge is 0.348 e. The van der Waals surface area contributed by atoms with E-state index >= 15 is 0 Å². The van der Waals surface area contributed by atoms with Crippen LogP contribution in [0.5, 0.6) is 0 Å². The number of nitro groups is 1. The van der Waals surface area contributed by atoms with Crippen LogP contribution in [0.3, 0.4) is 0 Å². The van der Waals surface area contributed by atoms with Crippen LogP contribution in [0.1, 0.15) is 11.5 Å². The summed E-state index contributed by atoms with van der Waals surface area (Å²) in [7, 11) is 0. The standard InChI is InChI=1S/C14H6F3N5O2S/c15-14(16,17)11-3-4-19-12(21-11)8(6-18)13-20-9-2-1-7(22(23)24)5-10(9)25-13/h1-5,20H. The number of nitrogens with zero attached hydrogens (tertiary/aromatic N) is 4. The molecule has 7 nitrogen and oxygen atoms in total. The Morgan fingerprint density at radius 2 is 2.12 bits per heavy atom. The molecule has 11 heteroatoms. The Morgan fingerprint density at radius 1 is 1.36 bits per heavy atom. The predicted octanol–water partition coefficient (Wildman–Crippen LogP) is 3.81. The lowest BCUT2D eigenvalue weighted by atomic mass is 10.2. The lowest BCUT2D eigenvalue weighted by molar-refractivity contribution is -0.385. The molecule has 1 aromatic heterocycles. The molecule has 0 saturated carbocycles. The number of hydrogen-bond donors (Lipinski definition) is 1. The van der Waals surface area contributed by atoms with E-state index in [1.54, 1.807) is 6.07 Å². The van der Waals surface area contributed by atoms with Crippen LogP contribution in [0.15, 0.2) is 40.4 Å². The third kappa shape index (κ3) is 3.24. The summed E-state index contributed by atoms with van der Waals surface area (Å²) >= 11 is 0.989. The first-order valence-electron chi connectivity index (χ1n) is 6.58. The van der Waals surface area contributed by atoms with Crippen molar-refractivity contribution in [3.05, 3.63) is 57.1 Å². The van der Waals surface area contributed by atoms with Gasteiger partial charge in [0.05, 0.1) is 15.6 Å². The molecule has 2 heterocycles. The van der Waals surface area contributed by atoms with Crippen LogP contribution in [0, 0.1) is 21.4 Å². The van der Waals surface area contributed by atoms with Crippen LogP contribution in [-0.4, -0.2) is 14.9 Å². The number of fused-ring (bicyclic) bond motifs is 1. The van der Waals surface area contributed by atoms with E-state index in [1.807, 2.05) is 0 Å². The van der Waals surface area contributed by atoms with Gasteiger partial charge in [0.15, 0.2) is 5.82 Å². The molecule has 0 radical (unpaired) electrons. The number of nitrogens with one attached hydrogen (secondary N) is 1. The highest BCUT2D eigenvalue weighted by molar-refractivity contribution is 8.04. The second kappa shape index (κ2) is 6.06. The summed E-state index contributed by atoms with van der Waals surface area (Å²) in [6.07, 6.45) is -3.75. The highest BCUT2D eigenvalue weighted by Crippen LogP contribution is 2.45. The van der Waals surface area contributed by atoms with Gasteiger partial charge in [-0.1, -0.05) is 11.8 Å². The molecule has 1 aromatic carbocycles. The van der Waals surface area contributed by atoms with Crippen molar-refractivity contribution in [2.24, 2.45) is 0 Å². The molecule has 1 N–H and O–H groups in total. The lowest BCUT2D eigenvalue weighted by Crippen LogP contribution is -2.10. The second-order valence-corrected chi connectivity index (χ2v) is 5.80. The van der Waals surface area contributed by atoms with Crippen molar-refractivity contribution in [3.8, 4) is 6.07 Å². The summed E-state index contributed by atoms with van der Waals surface area (Å²) in [6.45, 7) is 0. The van der Waals surface area contributed by atoms with E-state index in [4.69, 9.17) is 0 Å². The first-order valence-corrected chi connectivity index (χ1v) is 7.39. The van der Waals surface area contributed by atoms with Crippen LogP contribution < -0.4 is 5.32 Å². The molecule has 0 amide bonds. The SMILES string of the molecule is N#CC(=C1Nc2ccc([N+](=O)[O-])cc2S1)c1nccc(C(F)(F)F)n1. The number of aromatic nitrogens is 2. The molecule has 1 aliphatic rings. The number of hydrogen-bond acceptors (Lipinski definition) is 7. The van der Waals surface area contributed by atoms with Gasteiger partial charge < -0.3 is 5.32 Å². The average molecular weight is 365 g/mol. The Balaban J connectivity index is 2.02. The van der Waals surface area contributed by atoms with Crippen molar-refractivity contribution >= 4 is 28.7 Å². The fourth-order valence-corrected chi connectivity index (χ4v) is 3.05. The minimum absolute atomic E-state index is 0.136. The topological polar surface area (TPSA) is 105 Å². The summed E-state index contributed by atoms with van der Waals surface area (Å²) in [4.78, 5) is 17.8. The van der Waals surface area contributed by atoms with Crippen molar-refractivity contribution in [2.75, 3.05) is 5.32 Å². The molecule has 0 spiro atoms. The molecule has 1 aliphatic heterocycles. The largest absolute Gasteiger partial charge is 0.433 e. The van der Waals surface area contributed by atoms with Crippen molar-refractivity contribution in [1.82, 2.24) is 9.97 Å². The fraction of sp³-hybridized carbons (Fsp3) is 0.0714. The summed E-state index contributed by atoms with van der Waals surface area (Å²) in [5, 5.41) is 23.2. The van der Waals surface area contributed by atoms with Crippen LogP contribution in [0.2, 0.25) is 0 Å². The van der Waals surface area contributed by atoms with Gasteiger partial charge in [0.25, 0.3) is 5.69 Å². The van der Waals surface area contributed by atoms with E-state index in [1.165, 1.54) is 18.2 Å². The Hall–Kier alpha value is -3.13. The number of allylic oxidation sites excluding steroid dienone is 1. The molecule has 0 atom stereocenters. The van der Waals surface area contributed by atoms with Gasteiger partial charge >= 0.3 is 6.18 Å². The van der Waals surface area contributed by atoms with Gasteiger partial charge in [-0.15, -0.1) is 0 Å². The number of nitriles is 1. The monoisotopic (exact) mass is 365 g/mol. The van der Waals surface area contributed by atoms with Gasteiger partial charge in [-0.05, 0) is 12.1 Å².